The van der Waals surface area contributed by atoms with E-state index >= 15 is 0 Å². The van der Waals surface area contributed by atoms with Gasteiger partial charge in [-0.25, -0.2) is 4.68 Å². The molecule has 0 atom stereocenters. The molecule has 1 heterocycles. The molecule has 0 aliphatic heterocycles. The average Bonchev–Trinajstić information content (AvgIpc) is 2.96. The van der Waals surface area contributed by atoms with E-state index in [-0.39, 0.29) is 18.8 Å². The van der Waals surface area contributed by atoms with Crippen molar-refractivity contribution in [1.82, 2.24) is 20.2 Å². The molecular formula is C11H15F3N4O2. The Balaban J connectivity index is 2.10. The molecule has 0 unspecified atom stereocenters. The van der Waals surface area contributed by atoms with E-state index in [1.54, 1.807) is 0 Å². The van der Waals surface area contributed by atoms with Crippen molar-refractivity contribution in [3.05, 3.63) is 5.82 Å². The van der Waals surface area contributed by atoms with E-state index in [9.17, 15) is 23.1 Å². The first-order valence-corrected chi connectivity index (χ1v) is 6.38. The van der Waals surface area contributed by atoms with Crippen molar-refractivity contribution in [3.8, 4) is 0 Å². The van der Waals surface area contributed by atoms with Gasteiger partial charge in [-0.05, 0) is 23.3 Å². The second-order valence-electron chi connectivity index (χ2n) is 5.16. The first kappa shape index (κ1) is 14.7. The lowest BCUT2D eigenvalue weighted by atomic mass is 9.86. The van der Waals surface area contributed by atoms with Gasteiger partial charge in [0.05, 0.1) is 18.4 Å². The van der Waals surface area contributed by atoms with Gasteiger partial charge < -0.3 is 5.11 Å². The van der Waals surface area contributed by atoms with Crippen LogP contribution in [0.25, 0.3) is 0 Å². The molecule has 20 heavy (non-hydrogen) atoms. The molecule has 0 spiro atoms. The van der Waals surface area contributed by atoms with Crippen LogP contribution < -0.4 is 0 Å². The summed E-state index contributed by atoms with van der Waals surface area (Å²) in [6, 6.07) is 0. The summed E-state index contributed by atoms with van der Waals surface area (Å²) in [6.45, 7) is 0.0303. The number of hydrogen-bond donors (Lipinski definition) is 1. The number of alkyl halides is 3. The minimum atomic E-state index is -4.28. The summed E-state index contributed by atoms with van der Waals surface area (Å²) in [5.74, 6) is -0.859. The maximum absolute atomic E-state index is 12.2. The summed E-state index contributed by atoms with van der Waals surface area (Å²) in [5, 5.41) is 19.9. The van der Waals surface area contributed by atoms with Crippen LogP contribution >= 0.6 is 0 Å². The lowest BCUT2D eigenvalue weighted by molar-refractivity contribution is -0.150. The smallest absolute Gasteiger partial charge is 0.389 e. The first-order chi connectivity index (χ1) is 9.32. The largest absolute Gasteiger partial charge is 0.481 e. The maximum Gasteiger partial charge on any atom is 0.389 e. The second kappa shape index (κ2) is 5.37. The Morgan fingerprint density at radius 2 is 2.00 bits per heavy atom. The Labute approximate surface area is 113 Å². The number of carboxylic acid groups (broad SMARTS) is 1. The van der Waals surface area contributed by atoms with Crippen molar-refractivity contribution in [2.45, 2.75) is 51.2 Å². The van der Waals surface area contributed by atoms with Crippen LogP contribution in [0.4, 0.5) is 13.2 Å². The molecule has 1 saturated carbocycles. The number of nitrogens with zero attached hydrogens (tertiary/aromatic N) is 4. The molecule has 1 aliphatic carbocycles. The predicted octanol–water partition coefficient (Wildman–Crippen LogP) is 1.81. The van der Waals surface area contributed by atoms with Crippen molar-refractivity contribution < 1.29 is 23.1 Å². The van der Waals surface area contributed by atoms with Crippen molar-refractivity contribution in [2.24, 2.45) is 5.41 Å². The van der Waals surface area contributed by atoms with Gasteiger partial charge in [0.1, 0.15) is 0 Å². The van der Waals surface area contributed by atoms with Crippen LogP contribution in [0, 0.1) is 5.41 Å². The van der Waals surface area contributed by atoms with E-state index in [1.165, 1.54) is 4.68 Å². The quantitative estimate of drug-likeness (QED) is 0.895. The zero-order chi connectivity index (χ0) is 14.8. The molecule has 6 nitrogen and oxygen atoms in total. The van der Waals surface area contributed by atoms with Crippen LogP contribution in [0.5, 0.6) is 0 Å². The minimum Gasteiger partial charge on any atom is -0.481 e. The summed E-state index contributed by atoms with van der Waals surface area (Å²) in [6.07, 6.45) is -3.05. The molecule has 0 aromatic carbocycles. The van der Waals surface area contributed by atoms with Gasteiger partial charge >= 0.3 is 12.1 Å². The molecule has 112 valence electrons. The number of carbonyl (C=O) groups is 1. The highest BCUT2D eigenvalue weighted by Gasteiger charge is 2.42. The molecule has 1 aromatic rings. The Morgan fingerprint density at radius 1 is 1.35 bits per heavy atom. The van der Waals surface area contributed by atoms with Gasteiger partial charge in [-0.1, -0.05) is 12.8 Å². The average molecular weight is 292 g/mol. The van der Waals surface area contributed by atoms with Crippen LogP contribution in [0.1, 0.15) is 37.9 Å². The molecular weight excluding hydrogens is 277 g/mol. The van der Waals surface area contributed by atoms with Crippen LogP contribution in [-0.4, -0.2) is 37.5 Å². The summed E-state index contributed by atoms with van der Waals surface area (Å²) >= 11 is 0. The fraction of sp³-hybridized carbons (Fsp3) is 0.818. The number of carboxylic acids is 1. The van der Waals surface area contributed by atoms with Crippen molar-refractivity contribution in [3.63, 3.8) is 0 Å². The van der Waals surface area contributed by atoms with E-state index in [0.29, 0.717) is 12.8 Å². The molecule has 1 N–H and O–H groups in total. The number of aliphatic carboxylic acids is 1. The van der Waals surface area contributed by atoms with Gasteiger partial charge in [0.25, 0.3) is 0 Å². The third kappa shape index (κ3) is 3.26. The Hall–Kier alpha value is -1.67. The minimum absolute atomic E-state index is 0.0303. The van der Waals surface area contributed by atoms with Gasteiger partial charge in [-0.2, -0.15) is 13.2 Å². The standard InChI is InChI=1S/C11H15F3N4O2/c12-11(13,14)6-3-8-15-16-17-18(8)7-10(9(19)20)4-1-2-5-10/h1-7H2,(H,19,20). The van der Waals surface area contributed by atoms with Crippen molar-refractivity contribution in [1.29, 1.82) is 0 Å². The van der Waals surface area contributed by atoms with Gasteiger partial charge in [0, 0.05) is 6.42 Å². The van der Waals surface area contributed by atoms with Gasteiger partial charge in [-0.3, -0.25) is 4.79 Å². The van der Waals surface area contributed by atoms with Crippen LogP contribution in [0.3, 0.4) is 0 Å². The number of halogens is 3. The van der Waals surface area contributed by atoms with Gasteiger partial charge in [0.15, 0.2) is 5.82 Å². The van der Waals surface area contributed by atoms with E-state index in [0.717, 1.165) is 12.8 Å². The topological polar surface area (TPSA) is 80.9 Å². The molecule has 1 aromatic heterocycles. The molecule has 0 saturated heterocycles. The van der Waals surface area contributed by atoms with Gasteiger partial charge in [-0.15, -0.1) is 5.10 Å². The molecule has 9 heteroatoms. The summed E-state index contributed by atoms with van der Waals surface area (Å²) in [7, 11) is 0. The Bertz CT molecular complexity index is 480. The second-order valence-corrected chi connectivity index (χ2v) is 5.16. The molecule has 0 radical (unpaired) electrons. The lowest BCUT2D eigenvalue weighted by Crippen LogP contribution is -2.34. The summed E-state index contributed by atoms with van der Waals surface area (Å²) in [5.41, 5.74) is -0.956. The Morgan fingerprint density at radius 3 is 2.55 bits per heavy atom. The molecule has 2 rings (SSSR count). The van der Waals surface area contributed by atoms with Crippen LogP contribution in [-0.2, 0) is 17.8 Å². The van der Waals surface area contributed by atoms with E-state index in [2.05, 4.69) is 15.5 Å². The van der Waals surface area contributed by atoms with Crippen LogP contribution in [0.2, 0.25) is 0 Å². The van der Waals surface area contributed by atoms with Gasteiger partial charge in [0.2, 0.25) is 0 Å². The molecule has 0 amide bonds. The maximum atomic E-state index is 12.2. The number of rotatable bonds is 5. The summed E-state index contributed by atoms with van der Waals surface area (Å²) < 4.78 is 37.8. The molecule has 1 aliphatic rings. The monoisotopic (exact) mass is 292 g/mol. The fourth-order valence-electron chi connectivity index (χ4n) is 2.56. The van der Waals surface area contributed by atoms with E-state index < -0.39 is 24.0 Å². The molecule has 0 bridgehead atoms. The number of aromatic nitrogens is 4. The number of aryl methyl sites for hydroxylation is 1. The van der Waals surface area contributed by atoms with Crippen molar-refractivity contribution in [2.75, 3.05) is 0 Å². The lowest BCUT2D eigenvalue weighted by Gasteiger charge is -2.23. The fourth-order valence-corrected chi connectivity index (χ4v) is 2.56. The molecule has 1 fully saturated rings. The van der Waals surface area contributed by atoms with E-state index in [1.807, 2.05) is 0 Å². The normalized spacial score (nSPS) is 18.4. The Kier molecular flexibility index (Phi) is 3.96. The van der Waals surface area contributed by atoms with Crippen molar-refractivity contribution >= 4 is 5.97 Å². The number of tetrazole rings is 1. The highest BCUT2D eigenvalue weighted by Crippen LogP contribution is 2.39. The van der Waals surface area contributed by atoms with Crippen LogP contribution in [0.15, 0.2) is 0 Å². The summed E-state index contributed by atoms with van der Waals surface area (Å²) in [4.78, 5) is 11.4. The SMILES string of the molecule is O=C(O)C1(Cn2nnnc2CCC(F)(F)F)CCCC1. The highest BCUT2D eigenvalue weighted by atomic mass is 19.4. The number of hydrogen-bond acceptors (Lipinski definition) is 4. The third-order valence-corrected chi connectivity index (χ3v) is 3.70. The predicted molar refractivity (Wildman–Crippen MR) is 60.7 cm³/mol. The zero-order valence-electron chi connectivity index (χ0n) is 10.7. The third-order valence-electron chi connectivity index (χ3n) is 3.70. The zero-order valence-corrected chi connectivity index (χ0v) is 10.7. The first-order valence-electron chi connectivity index (χ1n) is 6.38. The highest BCUT2D eigenvalue weighted by molar-refractivity contribution is 5.74. The van der Waals surface area contributed by atoms with E-state index in [4.69, 9.17) is 0 Å².